The molecule has 2 aromatic heterocycles. The number of fused-ring (bicyclic) bond motifs is 1. The number of nitrogens with zero attached hydrogens (tertiary/aromatic N) is 4. The summed E-state index contributed by atoms with van der Waals surface area (Å²) >= 11 is 6.55. The van der Waals surface area contributed by atoms with Crippen LogP contribution in [-0.2, 0) is 21.3 Å². The molecule has 3 aromatic rings. The Hall–Kier alpha value is -3.18. The minimum atomic E-state index is -3.75. The van der Waals surface area contributed by atoms with Crippen molar-refractivity contribution in [2.45, 2.75) is 53.0 Å². The van der Waals surface area contributed by atoms with Crippen molar-refractivity contribution >= 4 is 50.5 Å². The number of carbonyl (C=O) groups excluding carboxylic acids is 2. The molecular weight excluding hydrogens is 518 g/mol. The van der Waals surface area contributed by atoms with Crippen LogP contribution >= 0.6 is 11.6 Å². The first-order valence-corrected chi connectivity index (χ1v) is 14.2. The van der Waals surface area contributed by atoms with Gasteiger partial charge in [0, 0.05) is 17.8 Å². The summed E-state index contributed by atoms with van der Waals surface area (Å²) in [4.78, 5) is 35.1. The van der Waals surface area contributed by atoms with Gasteiger partial charge in [-0.15, -0.1) is 0 Å². The number of carbonyl (C=O) groups is 2. The molecule has 0 radical (unpaired) electrons. The Labute approximate surface area is 222 Å². The zero-order valence-electron chi connectivity index (χ0n) is 21.5. The van der Waals surface area contributed by atoms with Gasteiger partial charge >= 0.3 is 6.09 Å². The van der Waals surface area contributed by atoms with E-state index in [0.29, 0.717) is 47.3 Å². The maximum atomic E-state index is 12.6. The number of hydrogen-bond donors (Lipinski definition) is 1. The SMILES string of the molecule is CCCCCS(=O)(=O)NC(=O)c1ccc2nc(C)n(Cc3ccc(N(C)C(=O)OCCC)cc3Cl)c2n1. The van der Waals surface area contributed by atoms with Gasteiger partial charge in [-0.25, -0.2) is 27.9 Å². The van der Waals surface area contributed by atoms with E-state index in [9.17, 15) is 18.0 Å². The molecule has 0 fully saturated rings. The van der Waals surface area contributed by atoms with Crippen LogP contribution in [0.5, 0.6) is 0 Å². The maximum absolute atomic E-state index is 12.6. The van der Waals surface area contributed by atoms with Crippen LogP contribution in [0.4, 0.5) is 10.5 Å². The normalized spacial score (nSPS) is 11.5. The smallest absolute Gasteiger partial charge is 0.414 e. The second kappa shape index (κ2) is 12.4. The number of rotatable bonds is 11. The van der Waals surface area contributed by atoms with Gasteiger partial charge in [-0.1, -0.05) is 44.4 Å². The van der Waals surface area contributed by atoms with Gasteiger partial charge in [0.2, 0.25) is 10.0 Å². The van der Waals surface area contributed by atoms with Gasteiger partial charge in [0.25, 0.3) is 5.91 Å². The molecule has 3 rings (SSSR count). The highest BCUT2D eigenvalue weighted by Gasteiger charge is 2.20. The molecule has 0 atom stereocenters. The standard InChI is InChI=1S/C25H32ClN5O5S/c1-5-7-8-14-37(34,35)29-24(32)22-12-11-21-23(28-22)31(17(3)27-21)16-18-9-10-19(15-20(18)26)30(4)25(33)36-13-6-2/h9-12,15H,5-8,13-14,16H2,1-4H3,(H,29,32). The van der Waals surface area contributed by atoms with E-state index >= 15 is 0 Å². The lowest BCUT2D eigenvalue weighted by Crippen LogP contribution is -2.33. The number of aryl methyl sites for hydroxylation is 1. The topological polar surface area (TPSA) is 123 Å². The van der Waals surface area contributed by atoms with Crippen LogP contribution in [-0.4, -0.2) is 54.4 Å². The van der Waals surface area contributed by atoms with Crippen molar-refractivity contribution in [3.05, 3.63) is 52.4 Å². The van der Waals surface area contributed by atoms with Gasteiger partial charge in [0.1, 0.15) is 17.0 Å². The fourth-order valence-corrected chi connectivity index (χ4v) is 4.96. The number of hydrogen-bond acceptors (Lipinski definition) is 7. The van der Waals surface area contributed by atoms with Crippen molar-refractivity contribution in [1.29, 1.82) is 0 Å². The fourth-order valence-electron chi connectivity index (χ4n) is 3.65. The van der Waals surface area contributed by atoms with Crippen LogP contribution in [0.1, 0.15) is 61.4 Å². The van der Waals surface area contributed by atoms with Gasteiger partial charge in [-0.3, -0.25) is 9.69 Å². The summed E-state index contributed by atoms with van der Waals surface area (Å²) in [5, 5.41) is 0.431. The summed E-state index contributed by atoms with van der Waals surface area (Å²) in [6, 6.07) is 8.32. The van der Waals surface area contributed by atoms with Gasteiger partial charge in [-0.05, 0) is 49.6 Å². The highest BCUT2D eigenvalue weighted by molar-refractivity contribution is 7.90. The summed E-state index contributed by atoms with van der Waals surface area (Å²) in [6.07, 6.45) is 2.38. The highest BCUT2D eigenvalue weighted by atomic mass is 35.5. The van der Waals surface area contributed by atoms with E-state index in [-0.39, 0.29) is 11.4 Å². The molecule has 0 unspecified atom stereocenters. The maximum Gasteiger partial charge on any atom is 0.414 e. The molecule has 2 amide bonds. The van der Waals surface area contributed by atoms with Crippen molar-refractivity contribution in [3.8, 4) is 0 Å². The molecule has 0 saturated heterocycles. The average molecular weight is 550 g/mol. The Morgan fingerprint density at radius 2 is 1.86 bits per heavy atom. The molecule has 0 bridgehead atoms. The largest absolute Gasteiger partial charge is 0.449 e. The number of sulfonamides is 1. The molecule has 0 aliphatic heterocycles. The molecule has 0 aliphatic carbocycles. The molecule has 0 spiro atoms. The molecule has 2 heterocycles. The second-order valence-electron chi connectivity index (χ2n) is 8.69. The van der Waals surface area contributed by atoms with Crippen LogP contribution in [0.2, 0.25) is 5.02 Å². The minimum Gasteiger partial charge on any atom is -0.449 e. The number of amides is 2. The number of imidazole rings is 1. The Morgan fingerprint density at radius 3 is 2.54 bits per heavy atom. The first-order valence-electron chi connectivity index (χ1n) is 12.1. The summed E-state index contributed by atoms with van der Waals surface area (Å²) in [5.41, 5.74) is 2.29. The molecular formula is C25H32ClN5O5S. The van der Waals surface area contributed by atoms with E-state index < -0.39 is 22.0 Å². The Morgan fingerprint density at radius 1 is 1.11 bits per heavy atom. The zero-order chi connectivity index (χ0) is 27.2. The Kier molecular flexibility index (Phi) is 9.50. The average Bonchev–Trinajstić information content (AvgIpc) is 3.17. The third kappa shape index (κ3) is 7.20. The van der Waals surface area contributed by atoms with Crippen LogP contribution in [0.3, 0.4) is 0 Å². The number of aromatic nitrogens is 3. The molecule has 10 nitrogen and oxygen atoms in total. The van der Waals surface area contributed by atoms with Crippen molar-refractivity contribution in [2.24, 2.45) is 0 Å². The quantitative estimate of drug-likeness (QED) is 0.344. The molecule has 1 N–H and O–H groups in total. The summed E-state index contributed by atoms with van der Waals surface area (Å²) in [6.45, 7) is 6.33. The fraction of sp³-hybridized carbons (Fsp3) is 0.440. The summed E-state index contributed by atoms with van der Waals surface area (Å²) in [7, 11) is -2.14. The highest BCUT2D eigenvalue weighted by Crippen LogP contribution is 2.26. The first kappa shape index (κ1) is 28.4. The predicted molar refractivity (Wildman–Crippen MR) is 144 cm³/mol. The molecule has 0 saturated carbocycles. The van der Waals surface area contributed by atoms with Crippen LogP contribution in [0.25, 0.3) is 11.2 Å². The van der Waals surface area contributed by atoms with Crippen LogP contribution < -0.4 is 9.62 Å². The van der Waals surface area contributed by atoms with Crippen molar-refractivity contribution < 1.29 is 22.7 Å². The third-order valence-corrected chi connectivity index (χ3v) is 7.41. The molecule has 12 heteroatoms. The van der Waals surface area contributed by atoms with Gasteiger partial charge < -0.3 is 9.30 Å². The van der Waals surface area contributed by atoms with E-state index in [1.807, 2.05) is 13.8 Å². The number of ether oxygens (including phenoxy) is 1. The predicted octanol–water partition coefficient (Wildman–Crippen LogP) is 4.67. The Balaban J connectivity index is 1.83. The number of halogens is 1. The van der Waals surface area contributed by atoms with E-state index in [1.54, 1.807) is 42.8 Å². The lowest BCUT2D eigenvalue weighted by molar-refractivity contribution is 0.0976. The number of unbranched alkanes of at least 4 members (excludes halogenated alkanes) is 2. The molecule has 0 aliphatic rings. The molecule has 1 aromatic carbocycles. The summed E-state index contributed by atoms with van der Waals surface area (Å²) in [5.74, 6) is -0.261. The van der Waals surface area contributed by atoms with E-state index in [1.165, 1.54) is 11.0 Å². The van der Waals surface area contributed by atoms with Crippen molar-refractivity contribution in [2.75, 3.05) is 24.3 Å². The lowest BCUT2D eigenvalue weighted by atomic mass is 10.2. The van der Waals surface area contributed by atoms with Crippen molar-refractivity contribution in [1.82, 2.24) is 19.3 Å². The van der Waals surface area contributed by atoms with Crippen LogP contribution in [0.15, 0.2) is 30.3 Å². The number of benzene rings is 1. The minimum absolute atomic E-state index is 0.0265. The van der Waals surface area contributed by atoms with E-state index in [0.717, 1.165) is 24.8 Å². The van der Waals surface area contributed by atoms with Crippen molar-refractivity contribution in [3.63, 3.8) is 0 Å². The third-order valence-electron chi connectivity index (χ3n) is 5.74. The van der Waals surface area contributed by atoms with Gasteiger partial charge in [-0.2, -0.15) is 0 Å². The van der Waals surface area contributed by atoms with Crippen LogP contribution in [0, 0.1) is 6.92 Å². The van der Waals surface area contributed by atoms with E-state index in [4.69, 9.17) is 16.3 Å². The second-order valence-corrected chi connectivity index (χ2v) is 10.9. The number of pyridine rings is 1. The zero-order valence-corrected chi connectivity index (χ0v) is 23.0. The molecule has 200 valence electrons. The van der Waals surface area contributed by atoms with Gasteiger partial charge in [0.05, 0.1) is 18.9 Å². The first-order chi connectivity index (χ1) is 17.6. The number of anilines is 1. The monoisotopic (exact) mass is 549 g/mol. The van der Waals surface area contributed by atoms with Gasteiger partial charge in [0.15, 0.2) is 5.65 Å². The number of nitrogens with one attached hydrogen (secondary N) is 1. The summed E-state index contributed by atoms with van der Waals surface area (Å²) < 4.78 is 33.6. The lowest BCUT2D eigenvalue weighted by Gasteiger charge is -2.18. The Bertz CT molecular complexity index is 1390. The molecule has 37 heavy (non-hydrogen) atoms. The van der Waals surface area contributed by atoms with E-state index in [2.05, 4.69) is 14.7 Å².